The van der Waals surface area contributed by atoms with Crippen molar-refractivity contribution < 1.29 is 14.3 Å². The van der Waals surface area contributed by atoms with Gasteiger partial charge >= 0.3 is 5.97 Å². The van der Waals surface area contributed by atoms with Crippen LogP contribution in [0.25, 0.3) is 16.9 Å². The minimum absolute atomic E-state index is 0.226. The lowest BCUT2D eigenvalue weighted by Gasteiger charge is -2.10. The summed E-state index contributed by atoms with van der Waals surface area (Å²) in [6.07, 6.45) is 1.69. The Kier molecular flexibility index (Phi) is 5.14. The zero-order chi connectivity index (χ0) is 20.4. The second-order valence-electron chi connectivity index (χ2n) is 6.35. The van der Waals surface area contributed by atoms with Gasteiger partial charge in [-0.05, 0) is 61.5 Å². The number of hydrogen-bond donors (Lipinski definition) is 0. The molecule has 144 valence electrons. The summed E-state index contributed by atoms with van der Waals surface area (Å²) in [5.74, 6) is -0.700. The number of benzene rings is 1. The third-order valence-corrected chi connectivity index (χ3v) is 4.80. The fraction of sp³-hybridized carbons (Fsp3) is 0.0870. The van der Waals surface area contributed by atoms with Crippen molar-refractivity contribution in [1.82, 2.24) is 9.38 Å². The number of halogens is 1. The van der Waals surface area contributed by atoms with Crippen LogP contribution < -0.4 is 0 Å². The predicted molar refractivity (Wildman–Crippen MR) is 111 cm³/mol. The number of nitrogens with zero attached hydrogens (tertiary/aromatic N) is 2. The Bertz CT molecular complexity index is 1200. The highest BCUT2D eigenvalue weighted by Gasteiger charge is 2.23. The monoisotopic (exact) mass is 404 g/mol. The molecule has 0 aliphatic heterocycles. The van der Waals surface area contributed by atoms with Crippen molar-refractivity contribution in [2.75, 3.05) is 6.61 Å². The van der Waals surface area contributed by atoms with E-state index in [9.17, 15) is 9.59 Å². The van der Waals surface area contributed by atoms with Crippen LogP contribution in [0.15, 0.2) is 72.9 Å². The van der Waals surface area contributed by atoms with E-state index >= 15 is 0 Å². The number of esters is 1. The number of carbonyl (C=O) groups is 2. The lowest BCUT2D eigenvalue weighted by Crippen LogP contribution is -2.07. The Morgan fingerprint density at radius 2 is 1.83 bits per heavy atom. The maximum atomic E-state index is 13.3. The van der Waals surface area contributed by atoms with Crippen LogP contribution in [0.1, 0.15) is 33.3 Å². The van der Waals surface area contributed by atoms with E-state index in [4.69, 9.17) is 16.3 Å². The smallest absolute Gasteiger partial charge is 0.340 e. The summed E-state index contributed by atoms with van der Waals surface area (Å²) in [6, 6.07) is 19.3. The van der Waals surface area contributed by atoms with Crippen LogP contribution in [0.4, 0.5) is 0 Å². The van der Waals surface area contributed by atoms with Gasteiger partial charge in [-0.15, -0.1) is 0 Å². The molecule has 3 heterocycles. The van der Waals surface area contributed by atoms with Crippen LogP contribution in [0.3, 0.4) is 0 Å². The molecule has 29 heavy (non-hydrogen) atoms. The Labute approximate surface area is 172 Å². The average Bonchev–Trinajstić information content (AvgIpc) is 3.14. The fourth-order valence-electron chi connectivity index (χ4n) is 3.26. The molecule has 0 N–H and O–H groups in total. The van der Waals surface area contributed by atoms with Gasteiger partial charge in [0.2, 0.25) is 5.78 Å². The van der Waals surface area contributed by atoms with Gasteiger partial charge in [-0.2, -0.15) is 0 Å². The highest BCUT2D eigenvalue weighted by Crippen LogP contribution is 2.27. The summed E-state index contributed by atoms with van der Waals surface area (Å²) in [6.45, 7) is 1.99. The van der Waals surface area contributed by atoms with E-state index in [1.807, 2.05) is 30.3 Å². The van der Waals surface area contributed by atoms with Gasteiger partial charge in [0, 0.05) is 16.8 Å². The molecule has 4 aromatic rings. The lowest BCUT2D eigenvalue weighted by molar-refractivity contribution is 0.0529. The third-order valence-electron chi connectivity index (χ3n) is 4.55. The van der Waals surface area contributed by atoms with E-state index in [0.29, 0.717) is 38.7 Å². The molecule has 0 spiro atoms. The minimum atomic E-state index is -0.474. The van der Waals surface area contributed by atoms with Crippen molar-refractivity contribution in [2.45, 2.75) is 6.92 Å². The van der Waals surface area contributed by atoms with Crippen molar-refractivity contribution in [3.63, 3.8) is 0 Å². The Morgan fingerprint density at radius 1 is 1.03 bits per heavy atom. The van der Waals surface area contributed by atoms with Crippen molar-refractivity contribution >= 4 is 28.9 Å². The van der Waals surface area contributed by atoms with Gasteiger partial charge in [0.05, 0.1) is 34.8 Å². The van der Waals surface area contributed by atoms with Crippen LogP contribution >= 0.6 is 11.6 Å². The van der Waals surface area contributed by atoms with Gasteiger partial charge in [-0.1, -0.05) is 23.7 Å². The lowest BCUT2D eigenvalue weighted by atomic mass is 10.1. The quantitative estimate of drug-likeness (QED) is 0.344. The number of aromatic nitrogens is 2. The van der Waals surface area contributed by atoms with E-state index in [2.05, 4.69) is 4.98 Å². The molecular weight excluding hydrogens is 388 g/mol. The molecule has 0 unspecified atom stereocenters. The number of hydrogen-bond acceptors (Lipinski definition) is 4. The van der Waals surface area contributed by atoms with E-state index in [1.54, 1.807) is 53.9 Å². The molecule has 1 aromatic carbocycles. The molecule has 0 saturated carbocycles. The van der Waals surface area contributed by atoms with Crippen molar-refractivity contribution in [2.24, 2.45) is 0 Å². The molecule has 0 aliphatic carbocycles. The summed E-state index contributed by atoms with van der Waals surface area (Å²) in [5.41, 5.74) is 3.14. The number of ether oxygens (including phenoxy) is 1. The standard InChI is InChI=1S/C23H17ClN2O3/c1-2-29-23(28)17-14-21(22(27)15-9-11-16(24)12-10-15)26-19(17)7-5-8-20(26)18-6-3-4-13-25-18/h3-14H,2H2,1H3. The Hall–Kier alpha value is -3.44. The summed E-state index contributed by atoms with van der Waals surface area (Å²) < 4.78 is 6.95. The number of carbonyl (C=O) groups excluding carboxylic acids is 2. The molecule has 0 fully saturated rings. The van der Waals surface area contributed by atoms with Crippen molar-refractivity contribution in [1.29, 1.82) is 0 Å². The predicted octanol–water partition coefficient (Wildman–Crippen LogP) is 5.06. The van der Waals surface area contributed by atoms with Gasteiger partial charge in [-0.25, -0.2) is 4.79 Å². The van der Waals surface area contributed by atoms with Gasteiger partial charge < -0.3 is 9.14 Å². The zero-order valence-electron chi connectivity index (χ0n) is 15.6. The van der Waals surface area contributed by atoms with Gasteiger partial charge in [0.25, 0.3) is 0 Å². The van der Waals surface area contributed by atoms with Gasteiger partial charge in [-0.3, -0.25) is 9.78 Å². The van der Waals surface area contributed by atoms with Crippen molar-refractivity contribution in [3.8, 4) is 11.4 Å². The van der Waals surface area contributed by atoms with E-state index in [1.165, 1.54) is 0 Å². The number of ketones is 1. The maximum absolute atomic E-state index is 13.3. The molecule has 0 atom stereocenters. The topological polar surface area (TPSA) is 60.7 Å². The summed E-state index contributed by atoms with van der Waals surface area (Å²) in [4.78, 5) is 30.3. The first-order valence-electron chi connectivity index (χ1n) is 9.13. The maximum Gasteiger partial charge on any atom is 0.340 e. The van der Waals surface area contributed by atoms with E-state index in [-0.39, 0.29) is 12.4 Å². The van der Waals surface area contributed by atoms with Gasteiger partial charge in [0.15, 0.2) is 0 Å². The molecule has 6 heteroatoms. The Morgan fingerprint density at radius 3 is 2.52 bits per heavy atom. The van der Waals surface area contributed by atoms with Crippen LogP contribution in [0.2, 0.25) is 5.02 Å². The molecule has 0 amide bonds. The molecule has 0 bridgehead atoms. The van der Waals surface area contributed by atoms with Crippen LogP contribution in [0.5, 0.6) is 0 Å². The highest BCUT2D eigenvalue weighted by atomic mass is 35.5. The largest absolute Gasteiger partial charge is 0.462 e. The average molecular weight is 405 g/mol. The first kappa shape index (κ1) is 18.9. The number of fused-ring (bicyclic) bond motifs is 1. The molecule has 0 radical (unpaired) electrons. The zero-order valence-corrected chi connectivity index (χ0v) is 16.4. The highest BCUT2D eigenvalue weighted by molar-refractivity contribution is 6.30. The van der Waals surface area contributed by atoms with Crippen LogP contribution in [0, 0.1) is 0 Å². The first-order valence-corrected chi connectivity index (χ1v) is 9.51. The third kappa shape index (κ3) is 3.52. The molecular formula is C23H17ClN2O3. The molecule has 0 saturated heterocycles. The Balaban J connectivity index is 1.98. The second-order valence-corrected chi connectivity index (χ2v) is 6.78. The molecule has 5 nitrogen and oxygen atoms in total. The summed E-state index contributed by atoms with van der Waals surface area (Å²) in [7, 11) is 0. The second kappa shape index (κ2) is 7.89. The number of pyridine rings is 2. The SMILES string of the molecule is CCOC(=O)c1cc(C(=O)c2ccc(Cl)cc2)n2c(-c3ccccn3)cccc12. The minimum Gasteiger partial charge on any atom is -0.462 e. The van der Waals surface area contributed by atoms with Crippen LogP contribution in [-0.2, 0) is 4.74 Å². The molecule has 4 rings (SSSR count). The van der Waals surface area contributed by atoms with E-state index < -0.39 is 5.97 Å². The van der Waals surface area contributed by atoms with Crippen LogP contribution in [-0.4, -0.2) is 27.7 Å². The summed E-state index contributed by atoms with van der Waals surface area (Å²) in [5, 5.41) is 0.544. The first-order chi connectivity index (χ1) is 14.1. The number of rotatable bonds is 5. The van der Waals surface area contributed by atoms with Gasteiger partial charge in [0.1, 0.15) is 0 Å². The molecule has 3 aromatic heterocycles. The fourth-order valence-corrected chi connectivity index (χ4v) is 3.38. The van der Waals surface area contributed by atoms with E-state index in [0.717, 1.165) is 0 Å². The normalized spacial score (nSPS) is 10.8. The molecule has 0 aliphatic rings. The summed E-state index contributed by atoms with van der Waals surface area (Å²) >= 11 is 5.96. The van der Waals surface area contributed by atoms with Crippen molar-refractivity contribution in [3.05, 3.63) is 94.8 Å².